The summed E-state index contributed by atoms with van der Waals surface area (Å²) in [5.74, 6) is -0.486. The molecule has 4 rings (SSSR count). The van der Waals surface area contributed by atoms with Gasteiger partial charge in [0.05, 0.1) is 6.04 Å². The molecule has 0 aliphatic carbocycles. The van der Waals surface area contributed by atoms with E-state index in [2.05, 4.69) is 10.2 Å². The fourth-order valence-corrected chi connectivity index (χ4v) is 5.17. The Morgan fingerprint density at radius 2 is 2.12 bits per heavy atom. The molecule has 25 heavy (non-hydrogen) atoms. The molecule has 1 N–H and O–H groups in total. The van der Waals surface area contributed by atoms with Gasteiger partial charge in [-0.3, -0.25) is 14.5 Å². The molecule has 3 aliphatic rings. The van der Waals surface area contributed by atoms with Crippen molar-refractivity contribution in [2.45, 2.75) is 45.2 Å². The number of anilines is 1. The van der Waals surface area contributed by atoms with E-state index in [9.17, 15) is 9.59 Å². The molecule has 1 aromatic rings. The Kier molecular flexibility index (Phi) is 3.81. The Balaban J connectivity index is 1.91. The van der Waals surface area contributed by atoms with Crippen LogP contribution in [0.2, 0.25) is 5.02 Å². The van der Waals surface area contributed by atoms with Gasteiger partial charge in [0.25, 0.3) is 0 Å². The Morgan fingerprint density at radius 1 is 1.36 bits per heavy atom. The number of fused-ring (bicyclic) bond motifs is 4. The summed E-state index contributed by atoms with van der Waals surface area (Å²) in [4.78, 5) is 30.4. The van der Waals surface area contributed by atoms with E-state index in [1.165, 1.54) is 0 Å². The fourth-order valence-electron chi connectivity index (χ4n) is 4.55. The van der Waals surface area contributed by atoms with Gasteiger partial charge in [-0.1, -0.05) is 17.7 Å². The first-order chi connectivity index (χ1) is 11.9. The summed E-state index contributed by atoms with van der Waals surface area (Å²) in [6, 6.07) is 5.51. The molecule has 132 valence electrons. The third-order valence-electron chi connectivity index (χ3n) is 5.64. The van der Waals surface area contributed by atoms with Crippen LogP contribution in [0.1, 0.15) is 32.3 Å². The van der Waals surface area contributed by atoms with Crippen LogP contribution in [0.4, 0.5) is 5.69 Å². The molecule has 1 aromatic carbocycles. The normalized spacial score (nSPS) is 28.5. The fraction of sp³-hybridized carbons (Fsp3) is 0.500. The van der Waals surface area contributed by atoms with Crippen LogP contribution in [0, 0.1) is 5.41 Å². The molecular formula is C18H20ClN3O2S. The average molecular weight is 378 g/mol. The van der Waals surface area contributed by atoms with Crippen molar-refractivity contribution in [3.8, 4) is 0 Å². The monoisotopic (exact) mass is 377 g/mol. The zero-order chi connectivity index (χ0) is 17.9. The lowest BCUT2D eigenvalue weighted by atomic mass is 9.68. The highest BCUT2D eigenvalue weighted by Crippen LogP contribution is 2.49. The van der Waals surface area contributed by atoms with Gasteiger partial charge in [-0.2, -0.15) is 0 Å². The maximum Gasteiger partial charge on any atom is 0.247 e. The third-order valence-corrected chi connectivity index (χ3v) is 6.29. The molecule has 0 aromatic heterocycles. The van der Waals surface area contributed by atoms with Gasteiger partial charge in [0.2, 0.25) is 11.8 Å². The van der Waals surface area contributed by atoms with E-state index in [4.69, 9.17) is 23.8 Å². The van der Waals surface area contributed by atoms with Crippen molar-refractivity contribution < 1.29 is 9.59 Å². The lowest BCUT2D eigenvalue weighted by Crippen LogP contribution is -2.72. The van der Waals surface area contributed by atoms with Crippen LogP contribution in [0.15, 0.2) is 18.2 Å². The molecule has 7 heteroatoms. The largest absolute Gasteiger partial charge is 0.367 e. The average Bonchev–Trinajstić information content (AvgIpc) is 3.03. The van der Waals surface area contributed by atoms with E-state index >= 15 is 0 Å². The lowest BCUT2D eigenvalue weighted by molar-refractivity contribution is -0.153. The number of benzene rings is 1. The summed E-state index contributed by atoms with van der Waals surface area (Å²) in [5, 5.41) is 3.60. The summed E-state index contributed by atoms with van der Waals surface area (Å²) in [5.41, 5.74) is 0.758. The zero-order valence-corrected chi connectivity index (χ0v) is 15.8. The first-order valence-electron chi connectivity index (χ1n) is 8.61. The number of amides is 2. The van der Waals surface area contributed by atoms with Crippen molar-refractivity contribution in [2.24, 2.45) is 5.41 Å². The number of carbonyl (C=O) groups is 2. The second-order valence-corrected chi connectivity index (χ2v) is 8.06. The Labute approximate surface area is 157 Å². The van der Waals surface area contributed by atoms with Crippen molar-refractivity contribution in [3.63, 3.8) is 0 Å². The SMILES string of the molecule is CC(C)N1C(=O)[C@@]2(Cc3c(Cl)cccc3N3CCC[C@@H]32)C(=O)NC1=S. The van der Waals surface area contributed by atoms with E-state index in [0.29, 0.717) is 11.4 Å². The number of halogens is 1. The number of hydrogen-bond donors (Lipinski definition) is 1. The smallest absolute Gasteiger partial charge is 0.247 e. The molecule has 0 bridgehead atoms. The van der Waals surface area contributed by atoms with Gasteiger partial charge < -0.3 is 10.2 Å². The Bertz CT molecular complexity index is 797. The van der Waals surface area contributed by atoms with E-state index in [-0.39, 0.29) is 29.0 Å². The molecule has 0 radical (unpaired) electrons. The van der Waals surface area contributed by atoms with Crippen LogP contribution in [0.5, 0.6) is 0 Å². The predicted molar refractivity (Wildman–Crippen MR) is 101 cm³/mol. The maximum atomic E-state index is 13.5. The van der Waals surface area contributed by atoms with E-state index < -0.39 is 5.41 Å². The predicted octanol–water partition coefficient (Wildman–Crippen LogP) is 2.50. The van der Waals surface area contributed by atoms with Crippen LogP contribution in [0.25, 0.3) is 0 Å². The lowest BCUT2D eigenvalue weighted by Gasteiger charge is -2.51. The molecular weight excluding hydrogens is 358 g/mol. The minimum absolute atomic E-state index is 0.111. The summed E-state index contributed by atoms with van der Waals surface area (Å²) in [6.45, 7) is 4.64. The molecule has 2 fully saturated rings. The van der Waals surface area contributed by atoms with Crippen molar-refractivity contribution in [3.05, 3.63) is 28.8 Å². The standard InChI is InChI=1S/C18H20ClN3O2S/c1-10(2)22-16(24)18(15(23)20-17(22)25)9-11-12(19)5-3-6-13(11)21-8-4-7-14(18)21/h3,5-6,10,14H,4,7-9H2,1-2H3,(H,20,23,25)/t14-,18-/m1/s1. The highest BCUT2D eigenvalue weighted by atomic mass is 35.5. The second-order valence-electron chi connectivity index (χ2n) is 7.27. The van der Waals surface area contributed by atoms with Gasteiger partial charge in [-0.15, -0.1) is 0 Å². The highest BCUT2D eigenvalue weighted by molar-refractivity contribution is 7.80. The van der Waals surface area contributed by atoms with Crippen molar-refractivity contribution in [1.29, 1.82) is 0 Å². The molecule has 0 saturated carbocycles. The summed E-state index contributed by atoms with van der Waals surface area (Å²) in [7, 11) is 0. The van der Waals surface area contributed by atoms with Crippen LogP contribution >= 0.6 is 23.8 Å². The number of thiocarbonyl (C=S) groups is 1. The minimum atomic E-state index is -1.17. The van der Waals surface area contributed by atoms with Crippen molar-refractivity contribution in [1.82, 2.24) is 10.2 Å². The van der Waals surface area contributed by atoms with Crippen LogP contribution in [0.3, 0.4) is 0 Å². The highest BCUT2D eigenvalue weighted by Gasteiger charge is 2.62. The topological polar surface area (TPSA) is 52.7 Å². The third kappa shape index (κ3) is 2.16. The van der Waals surface area contributed by atoms with Gasteiger partial charge in [0.1, 0.15) is 0 Å². The molecule has 1 spiro atoms. The summed E-state index contributed by atoms with van der Waals surface area (Å²) < 4.78 is 0. The number of nitrogens with zero attached hydrogens (tertiary/aromatic N) is 2. The Hall–Kier alpha value is -1.66. The molecule has 3 heterocycles. The van der Waals surface area contributed by atoms with Gasteiger partial charge in [-0.05, 0) is 56.6 Å². The van der Waals surface area contributed by atoms with E-state index in [0.717, 1.165) is 30.6 Å². The van der Waals surface area contributed by atoms with Gasteiger partial charge in [0, 0.05) is 29.7 Å². The maximum absolute atomic E-state index is 13.5. The molecule has 2 atom stereocenters. The molecule has 3 aliphatic heterocycles. The minimum Gasteiger partial charge on any atom is -0.367 e. The van der Waals surface area contributed by atoms with Crippen molar-refractivity contribution in [2.75, 3.05) is 11.4 Å². The van der Waals surface area contributed by atoms with Gasteiger partial charge in [-0.25, -0.2) is 0 Å². The molecule has 0 unspecified atom stereocenters. The number of carbonyl (C=O) groups excluding carboxylic acids is 2. The number of rotatable bonds is 1. The quantitative estimate of drug-likeness (QED) is 0.603. The molecule has 5 nitrogen and oxygen atoms in total. The van der Waals surface area contributed by atoms with Crippen LogP contribution in [-0.4, -0.2) is 40.5 Å². The van der Waals surface area contributed by atoms with Crippen LogP contribution in [-0.2, 0) is 16.0 Å². The van der Waals surface area contributed by atoms with E-state index in [1.54, 1.807) is 4.90 Å². The van der Waals surface area contributed by atoms with Gasteiger partial charge >= 0.3 is 0 Å². The molecule has 2 amide bonds. The first-order valence-corrected chi connectivity index (χ1v) is 9.39. The summed E-state index contributed by atoms with van der Waals surface area (Å²) >= 11 is 11.7. The zero-order valence-electron chi connectivity index (χ0n) is 14.2. The number of nitrogens with one attached hydrogen (secondary N) is 1. The van der Waals surface area contributed by atoms with Crippen LogP contribution < -0.4 is 10.2 Å². The van der Waals surface area contributed by atoms with Gasteiger partial charge in [0.15, 0.2) is 10.5 Å². The number of hydrogen-bond acceptors (Lipinski definition) is 4. The van der Waals surface area contributed by atoms with E-state index in [1.807, 2.05) is 32.0 Å². The first kappa shape index (κ1) is 16.8. The van der Waals surface area contributed by atoms with Crippen molar-refractivity contribution >= 4 is 46.4 Å². The Morgan fingerprint density at radius 3 is 2.84 bits per heavy atom. The second kappa shape index (κ2) is 5.68. The molecule has 2 saturated heterocycles. The summed E-state index contributed by atoms with van der Waals surface area (Å²) in [6.07, 6.45) is 2.08.